The Kier molecular flexibility index (Phi) is 5.47. The van der Waals surface area contributed by atoms with Crippen molar-refractivity contribution in [2.75, 3.05) is 19.0 Å². The van der Waals surface area contributed by atoms with Crippen molar-refractivity contribution in [3.63, 3.8) is 0 Å². The maximum absolute atomic E-state index is 12.4. The fraction of sp³-hybridized carbons (Fsp3) is 0.571. The molecule has 1 amide bonds. The summed E-state index contributed by atoms with van der Waals surface area (Å²) in [5.74, 6) is 5.69. The number of hydrazine groups is 1. The molecule has 1 heterocycles. The first kappa shape index (κ1) is 16.4. The number of hydrogen-bond donors (Lipinski definition) is 3. The van der Waals surface area contributed by atoms with Gasteiger partial charge >= 0.3 is 0 Å². The van der Waals surface area contributed by atoms with E-state index in [4.69, 9.17) is 5.84 Å². The number of nitrogens with zero attached hydrogens (tertiary/aromatic N) is 2. The van der Waals surface area contributed by atoms with Gasteiger partial charge in [0.25, 0.3) is 5.91 Å². The van der Waals surface area contributed by atoms with Crippen molar-refractivity contribution < 1.29 is 9.90 Å². The Hall–Kier alpha value is -1.66. The maximum Gasteiger partial charge on any atom is 0.253 e. The van der Waals surface area contributed by atoms with Crippen molar-refractivity contribution in [2.24, 2.45) is 5.84 Å². The second-order valence-corrected chi connectivity index (χ2v) is 5.60. The van der Waals surface area contributed by atoms with E-state index in [-0.39, 0.29) is 12.5 Å². The van der Waals surface area contributed by atoms with E-state index in [1.165, 1.54) is 4.90 Å². The van der Waals surface area contributed by atoms with Crippen LogP contribution in [0.15, 0.2) is 12.1 Å². The average molecular weight is 280 g/mol. The van der Waals surface area contributed by atoms with E-state index in [1.807, 2.05) is 6.92 Å². The van der Waals surface area contributed by atoms with Gasteiger partial charge in [0, 0.05) is 24.8 Å². The first-order chi connectivity index (χ1) is 9.26. The Morgan fingerprint density at radius 1 is 1.50 bits per heavy atom. The Morgan fingerprint density at radius 3 is 2.65 bits per heavy atom. The Labute approximate surface area is 120 Å². The summed E-state index contributed by atoms with van der Waals surface area (Å²) in [6.45, 7) is 5.63. The summed E-state index contributed by atoms with van der Waals surface area (Å²) in [5, 5.41) is 9.78. The molecular formula is C14H24N4O2. The summed E-state index contributed by atoms with van der Waals surface area (Å²) in [6, 6.07) is 3.38. The van der Waals surface area contributed by atoms with Crippen LogP contribution in [-0.4, -0.2) is 40.1 Å². The van der Waals surface area contributed by atoms with E-state index in [0.29, 0.717) is 11.4 Å². The highest BCUT2D eigenvalue weighted by Crippen LogP contribution is 2.14. The molecule has 20 heavy (non-hydrogen) atoms. The smallest absolute Gasteiger partial charge is 0.253 e. The fourth-order valence-corrected chi connectivity index (χ4v) is 2.04. The molecule has 0 aliphatic rings. The standard InChI is InChI=1S/C14H24N4O2/c1-5-6-11-7-10(8-12(16-11)17-15)13(19)18(4)9-14(2,3)20/h7-8,20H,5-6,9,15H2,1-4H3,(H,16,17). The van der Waals surface area contributed by atoms with Crippen molar-refractivity contribution in [3.8, 4) is 0 Å². The second kappa shape index (κ2) is 6.67. The zero-order valence-electron chi connectivity index (χ0n) is 12.6. The molecule has 0 atom stereocenters. The number of anilines is 1. The van der Waals surface area contributed by atoms with Crippen LogP contribution in [0.4, 0.5) is 5.82 Å². The molecule has 6 nitrogen and oxygen atoms in total. The monoisotopic (exact) mass is 280 g/mol. The number of aromatic nitrogens is 1. The van der Waals surface area contributed by atoms with Crippen LogP contribution < -0.4 is 11.3 Å². The minimum absolute atomic E-state index is 0.164. The topological polar surface area (TPSA) is 91.5 Å². The number of aryl methyl sites for hydroxylation is 1. The highest BCUT2D eigenvalue weighted by atomic mass is 16.3. The van der Waals surface area contributed by atoms with Gasteiger partial charge in [-0.2, -0.15) is 0 Å². The van der Waals surface area contributed by atoms with E-state index in [9.17, 15) is 9.90 Å². The van der Waals surface area contributed by atoms with Gasteiger partial charge in [-0.1, -0.05) is 13.3 Å². The predicted molar refractivity (Wildman–Crippen MR) is 79.3 cm³/mol. The van der Waals surface area contributed by atoms with Crippen molar-refractivity contribution in [1.29, 1.82) is 0 Å². The molecule has 0 aliphatic carbocycles. The number of amides is 1. The molecule has 0 bridgehead atoms. The van der Waals surface area contributed by atoms with Crippen LogP contribution in [0.2, 0.25) is 0 Å². The number of hydrogen-bond acceptors (Lipinski definition) is 5. The summed E-state index contributed by atoms with van der Waals surface area (Å²) in [6.07, 6.45) is 1.72. The first-order valence-corrected chi connectivity index (χ1v) is 6.72. The minimum Gasteiger partial charge on any atom is -0.389 e. The van der Waals surface area contributed by atoms with Crippen LogP contribution in [0.25, 0.3) is 0 Å². The van der Waals surface area contributed by atoms with Crippen molar-refractivity contribution in [2.45, 2.75) is 39.2 Å². The van der Waals surface area contributed by atoms with E-state index < -0.39 is 5.60 Å². The lowest BCUT2D eigenvalue weighted by atomic mass is 10.1. The molecule has 0 aliphatic heterocycles. The van der Waals surface area contributed by atoms with Crippen LogP contribution in [-0.2, 0) is 6.42 Å². The summed E-state index contributed by atoms with van der Waals surface area (Å²) in [7, 11) is 1.66. The zero-order valence-corrected chi connectivity index (χ0v) is 12.6. The van der Waals surface area contributed by atoms with Gasteiger partial charge in [-0.15, -0.1) is 0 Å². The van der Waals surface area contributed by atoms with Crippen molar-refractivity contribution in [3.05, 3.63) is 23.4 Å². The molecule has 0 aromatic carbocycles. The van der Waals surface area contributed by atoms with Crippen LogP contribution in [0.1, 0.15) is 43.2 Å². The van der Waals surface area contributed by atoms with Gasteiger partial charge in [0.05, 0.1) is 5.60 Å². The summed E-state index contributed by atoms with van der Waals surface area (Å²) < 4.78 is 0. The van der Waals surface area contributed by atoms with Crippen molar-refractivity contribution in [1.82, 2.24) is 9.88 Å². The lowest BCUT2D eigenvalue weighted by Crippen LogP contribution is -2.39. The third kappa shape index (κ3) is 4.79. The molecule has 1 aromatic heterocycles. The number of likely N-dealkylation sites (N-methyl/N-ethyl adjacent to an activating group) is 1. The number of carbonyl (C=O) groups is 1. The molecule has 1 aromatic rings. The van der Waals surface area contributed by atoms with Crippen LogP contribution in [0.5, 0.6) is 0 Å². The number of nitrogens with two attached hydrogens (primary N) is 1. The molecule has 112 valence electrons. The van der Waals surface area contributed by atoms with Gasteiger partial charge in [-0.3, -0.25) is 4.79 Å². The van der Waals surface area contributed by atoms with E-state index in [0.717, 1.165) is 18.5 Å². The van der Waals surface area contributed by atoms with E-state index in [1.54, 1.807) is 33.0 Å². The first-order valence-electron chi connectivity index (χ1n) is 6.72. The summed E-state index contributed by atoms with van der Waals surface area (Å²) in [5.41, 5.74) is 2.88. The molecule has 0 radical (unpaired) electrons. The van der Waals surface area contributed by atoms with Gasteiger partial charge in [0.2, 0.25) is 0 Å². The van der Waals surface area contributed by atoms with E-state index in [2.05, 4.69) is 10.4 Å². The Morgan fingerprint density at radius 2 is 2.15 bits per heavy atom. The highest BCUT2D eigenvalue weighted by Gasteiger charge is 2.21. The number of carbonyl (C=O) groups excluding carboxylic acids is 1. The van der Waals surface area contributed by atoms with Gasteiger partial charge in [-0.05, 0) is 32.4 Å². The molecule has 0 saturated carbocycles. The average Bonchev–Trinajstić information content (AvgIpc) is 2.35. The molecule has 0 saturated heterocycles. The van der Waals surface area contributed by atoms with Gasteiger partial charge in [0.1, 0.15) is 5.82 Å². The second-order valence-electron chi connectivity index (χ2n) is 5.60. The van der Waals surface area contributed by atoms with Gasteiger partial charge < -0.3 is 15.4 Å². The quantitative estimate of drug-likeness (QED) is 0.537. The number of nitrogens with one attached hydrogen (secondary N) is 1. The summed E-state index contributed by atoms with van der Waals surface area (Å²) >= 11 is 0. The van der Waals surface area contributed by atoms with Gasteiger partial charge in [0.15, 0.2) is 0 Å². The lowest BCUT2D eigenvalue weighted by Gasteiger charge is -2.25. The largest absolute Gasteiger partial charge is 0.389 e. The lowest BCUT2D eigenvalue weighted by molar-refractivity contribution is 0.0368. The number of rotatable bonds is 6. The van der Waals surface area contributed by atoms with Crippen LogP contribution in [0, 0.1) is 0 Å². The highest BCUT2D eigenvalue weighted by molar-refractivity contribution is 5.94. The van der Waals surface area contributed by atoms with Gasteiger partial charge in [-0.25, -0.2) is 10.8 Å². The van der Waals surface area contributed by atoms with Crippen LogP contribution in [0.3, 0.4) is 0 Å². The minimum atomic E-state index is -0.932. The molecule has 1 rings (SSSR count). The fourth-order valence-electron chi connectivity index (χ4n) is 2.04. The molecule has 6 heteroatoms. The molecular weight excluding hydrogens is 256 g/mol. The Bertz CT molecular complexity index is 469. The Balaban J connectivity index is 2.99. The molecule has 0 fully saturated rings. The number of aliphatic hydroxyl groups is 1. The van der Waals surface area contributed by atoms with Crippen molar-refractivity contribution >= 4 is 11.7 Å². The van der Waals surface area contributed by atoms with Crippen LogP contribution >= 0.6 is 0 Å². The van der Waals surface area contributed by atoms with E-state index >= 15 is 0 Å². The zero-order chi connectivity index (χ0) is 15.3. The number of pyridine rings is 1. The predicted octanol–water partition coefficient (Wildman–Crippen LogP) is 1.16. The third-order valence-corrected chi connectivity index (χ3v) is 2.75. The molecule has 0 unspecified atom stereocenters. The maximum atomic E-state index is 12.4. The molecule has 0 spiro atoms. The summed E-state index contributed by atoms with van der Waals surface area (Å²) in [4.78, 5) is 18.2. The third-order valence-electron chi connectivity index (χ3n) is 2.75. The number of nitrogen functional groups attached to an aromatic ring is 1. The SMILES string of the molecule is CCCc1cc(C(=O)N(C)CC(C)(C)O)cc(NN)n1. The molecule has 4 N–H and O–H groups in total. The normalized spacial score (nSPS) is 11.3.